The Morgan fingerprint density at radius 2 is 1.46 bits per heavy atom. The number of ketones is 1. The number of hydrogen-bond acceptors (Lipinski definition) is 6. The molecule has 7 rings (SSSR count). The van der Waals surface area contributed by atoms with Gasteiger partial charge in [-0.15, -0.1) is 0 Å². The van der Waals surface area contributed by atoms with Crippen LogP contribution >= 0.6 is 0 Å². The van der Waals surface area contributed by atoms with Gasteiger partial charge in [0.25, 0.3) is 23.4 Å². The Kier molecular flexibility index (Phi) is 4.70. The number of nitro benzene ring substituents is 1. The third kappa shape index (κ3) is 3.22. The van der Waals surface area contributed by atoms with Gasteiger partial charge in [-0.3, -0.25) is 29.3 Å². The average molecular weight is 471 g/mol. The van der Waals surface area contributed by atoms with E-state index in [2.05, 4.69) is 0 Å². The zero-order valence-corrected chi connectivity index (χ0v) is 18.5. The number of allylic oxidation sites excluding steroid dienone is 2. The fourth-order valence-corrected chi connectivity index (χ4v) is 6.14. The minimum atomic E-state index is -0.741. The number of nitro groups is 1. The van der Waals surface area contributed by atoms with E-state index in [4.69, 9.17) is 0 Å². The van der Waals surface area contributed by atoms with Gasteiger partial charge in [-0.25, -0.2) is 5.01 Å². The molecule has 1 aliphatic heterocycles. The maximum Gasteiger partial charge on any atom is 0.273 e. The minimum absolute atomic E-state index is 0.0300. The monoisotopic (exact) mass is 471 g/mol. The van der Waals surface area contributed by atoms with E-state index in [-0.39, 0.29) is 23.1 Å². The van der Waals surface area contributed by atoms with Crippen molar-refractivity contribution in [3.05, 3.63) is 88.0 Å². The van der Waals surface area contributed by atoms with E-state index in [9.17, 15) is 29.3 Å². The summed E-state index contributed by atoms with van der Waals surface area (Å²) in [5.41, 5.74) is 0.180. The molecule has 0 spiro atoms. The molecule has 3 fully saturated rings. The smallest absolute Gasteiger partial charge is 0.273 e. The molecule has 9 heteroatoms. The van der Waals surface area contributed by atoms with Crippen LogP contribution in [0.3, 0.4) is 0 Å². The van der Waals surface area contributed by atoms with E-state index in [1.165, 1.54) is 24.3 Å². The zero-order valence-electron chi connectivity index (χ0n) is 18.5. The van der Waals surface area contributed by atoms with Crippen LogP contribution in [0.15, 0.2) is 66.7 Å². The van der Waals surface area contributed by atoms with Crippen LogP contribution in [-0.2, 0) is 9.59 Å². The molecule has 5 aliphatic rings. The van der Waals surface area contributed by atoms with Gasteiger partial charge in [0, 0.05) is 23.3 Å². The second kappa shape index (κ2) is 7.69. The maximum absolute atomic E-state index is 13.6. The molecular formula is C26H21N3O6. The molecule has 2 aromatic carbocycles. The van der Waals surface area contributed by atoms with E-state index < -0.39 is 46.8 Å². The Morgan fingerprint density at radius 3 is 2.00 bits per heavy atom. The number of carbonyl (C=O) groups excluding carboxylic acids is 4. The number of amides is 3. The molecule has 4 aliphatic carbocycles. The molecule has 1 saturated heterocycles. The predicted molar refractivity (Wildman–Crippen MR) is 121 cm³/mol. The molecule has 0 N–H and O–H groups in total. The molecule has 6 atom stereocenters. The number of nitrogens with zero attached hydrogens (tertiary/aromatic N) is 3. The quantitative estimate of drug-likeness (QED) is 0.210. The van der Waals surface area contributed by atoms with Crippen LogP contribution in [0.1, 0.15) is 27.1 Å². The van der Waals surface area contributed by atoms with Gasteiger partial charge in [0.05, 0.1) is 16.8 Å². The van der Waals surface area contributed by atoms with E-state index in [0.29, 0.717) is 17.4 Å². The summed E-state index contributed by atoms with van der Waals surface area (Å²) in [4.78, 5) is 64.3. The molecule has 2 bridgehead atoms. The minimum Gasteiger partial charge on any atom is -0.292 e. The second-order valence-corrected chi connectivity index (χ2v) is 9.60. The lowest BCUT2D eigenvalue weighted by atomic mass is 9.63. The Labute approximate surface area is 200 Å². The summed E-state index contributed by atoms with van der Waals surface area (Å²) in [7, 11) is 0. The molecule has 1 heterocycles. The normalized spacial score (nSPS) is 29.5. The van der Waals surface area contributed by atoms with Crippen molar-refractivity contribution in [2.24, 2.45) is 35.5 Å². The summed E-state index contributed by atoms with van der Waals surface area (Å²) in [5.74, 6) is -2.41. The van der Waals surface area contributed by atoms with Gasteiger partial charge in [-0.1, -0.05) is 42.5 Å². The first-order valence-corrected chi connectivity index (χ1v) is 11.6. The Balaban J connectivity index is 1.36. The first-order chi connectivity index (χ1) is 16.9. The van der Waals surface area contributed by atoms with E-state index in [0.717, 1.165) is 16.4 Å². The van der Waals surface area contributed by atoms with Crippen LogP contribution < -0.4 is 0 Å². The van der Waals surface area contributed by atoms with Crippen LogP contribution in [0.4, 0.5) is 5.69 Å². The Hall–Kier alpha value is -4.14. The van der Waals surface area contributed by atoms with Gasteiger partial charge in [-0.05, 0) is 42.2 Å². The fraction of sp³-hybridized carbons (Fsp3) is 0.308. The number of hydrogen-bond donors (Lipinski definition) is 0. The fourth-order valence-electron chi connectivity index (χ4n) is 6.14. The van der Waals surface area contributed by atoms with Crippen molar-refractivity contribution in [3.8, 4) is 0 Å². The van der Waals surface area contributed by atoms with Crippen molar-refractivity contribution < 1.29 is 24.1 Å². The van der Waals surface area contributed by atoms with Gasteiger partial charge in [-0.2, -0.15) is 5.01 Å². The molecule has 0 unspecified atom stereocenters. The first kappa shape index (κ1) is 21.4. The zero-order chi connectivity index (χ0) is 24.4. The molecule has 3 amide bonds. The number of benzene rings is 2. The van der Waals surface area contributed by atoms with Gasteiger partial charge in [0.1, 0.15) is 6.54 Å². The van der Waals surface area contributed by atoms with Crippen molar-refractivity contribution in [1.82, 2.24) is 10.0 Å². The van der Waals surface area contributed by atoms with Crippen LogP contribution in [0.25, 0.3) is 0 Å². The Bertz CT molecular complexity index is 1270. The highest BCUT2D eigenvalue weighted by molar-refractivity contribution is 6.10. The highest BCUT2D eigenvalue weighted by Gasteiger charge is 2.68. The van der Waals surface area contributed by atoms with Crippen LogP contribution in [0.5, 0.6) is 0 Å². The SMILES string of the molecule is O=C(CN(C(=O)c1ccc([N+](=O)[O-])cc1)N1C(=O)[C@@H]2[C@H]3C=C[C@@H]([C@@H]4C[C@@H]34)[C@H]2C1=O)c1ccccc1. The summed E-state index contributed by atoms with van der Waals surface area (Å²) < 4.78 is 0. The topological polar surface area (TPSA) is 118 Å². The summed E-state index contributed by atoms with van der Waals surface area (Å²) in [5, 5.41) is 12.8. The molecule has 2 saturated carbocycles. The number of hydrazine groups is 1. The third-order valence-electron chi connectivity index (χ3n) is 7.83. The van der Waals surface area contributed by atoms with E-state index in [1.807, 2.05) is 12.2 Å². The van der Waals surface area contributed by atoms with E-state index in [1.54, 1.807) is 30.3 Å². The predicted octanol–water partition coefficient (Wildman–Crippen LogP) is 2.89. The largest absolute Gasteiger partial charge is 0.292 e. The highest BCUT2D eigenvalue weighted by Crippen LogP contribution is 2.65. The number of non-ortho nitro benzene ring substituents is 1. The lowest BCUT2D eigenvalue weighted by Crippen LogP contribution is -2.52. The molecule has 35 heavy (non-hydrogen) atoms. The van der Waals surface area contributed by atoms with Crippen molar-refractivity contribution in [1.29, 1.82) is 0 Å². The summed E-state index contributed by atoms with van der Waals surface area (Å²) in [6.45, 7) is -0.508. The Morgan fingerprint density at radius 1 is 0.886 bits per heavy atom. The summed E-state index contributed by atoms with van der Waals surface area (Å²) in [6, 6.07) is 13.2. The molecule has 9 nitrogen and oxygen atoms in total. The van der Waals surface area contributed by atoms with Crippen molar-refractivity contribution >= 4 is 29.2 Å². The lowest BCUT2D eigenvalue weighted by Gasteiger charge is -2.37. The number of imide groups is 1. The van der Waals surface area contributed by atoms with E-state index >= 15 is 0 Å². The molecule has 176 valence electrons. The molecule has 0 radical (unpaired) electrons. The number of carbonyl (C=O) groups is 4. The van der Waals surface area contributed by atoms with Crippen LogP contribution in [0, 0.1) is 45.6 Å². The van der Waals surface area contributed by atoms with Gasteiger partial charge in [0.2, 0.25) is 0 Å². The molecular weight excluding hydrogens is 450 g/mol. The number of rotatable bonds is 6. The molecule has 0 aromatic heterocycles. The third-order valence-corrected chi connectivity index (χ3v) is 7.83. The van der Waals surface area contributed by atoms with Gasteiger partial charge in [0.15, 0.2) is 5.78 Å². The van der Waals surface area contributed by atoms with Crippen LogP contribution in [0.2, 0.25) is 0 Å². The van der Waals surface area contributed by atoms with Crippen molar-refractivity contribution in [3.63, 3.8) is 0 Å². The lowest BCUT2D eigenvalue weighted by molar-refractivity contribution is -0.384. The maximum atomic E-state index is 13.6. The van der Waals surface area contributed by atoms with Gasteiger partial charge < -0.3 is 0 Å². The number of Topliss-reactive ketones (excluding diaryl/α,β-unsaturated/α-hetero) is 1. The molecule has 2 aromatic rings. The second-order valence-electron chi connectivity index (χ2n) is 9.60. The van der Waals surface area contributed by atoms with Crippen molar-refractivity contribution in [2.45, 2.75) is 6.42 Å². The average Bonchev–Trinajstić information content (AvgIpc) is 3.66. The highest BCUT2D eigenvalue weighted by atomic mass is 16.6. The van der Waals surface area contributed by atoms with Crippen molar-refractivity contribution in [2.75, 3.05) is 6.54 Å². The standard InChI is InChI=1S/C26H21N3O6/c30-21(14-4-2-1-3-5-14)13-27(24(31)15-6-8-16(9-7-15)29(34)35)28-25(32)22-17-10-11-18(20-12-19(17)20)23(22)26(28)33/h1-11,17-20,22-23H,12-13H2/t17-,18-,19-,20-,22+,23+/m0/s1. The van der Waals surface area contributed by atoms with Crippen LogP contribution in [-0.4, -0.2) is 45.0 Å². The summed E-state index contributed by atoms with van der Waals surface area (Å²) >= 11 is 0. The summed E-state index contributed by atoms with van der Waals surface area (Å²) in [6.07, 6.45) is 5.08. The van der Waals surface area contributed by atoms with Gasteiger partial charge >= 0.3 is 0 Å². The first-order valence-electron chi connectivity index (χ1n) is 11.6.